The van der Waals surface area contributed by atoms with Gasteiger partial charge in [-0.1, -0.05) is 6.92 Å². The van der Waals surface area contributed by atoms with Gasteiger partial charge in [-0.25, -0.2) is 0 Å². The molecular formula is C11H20O5. The van der Waals surface area contributed by atoms with Gasteiger partial charge in [-0.15, -0.1) is 0 Å². The summed E-state index contributed by atoms with van der Waals surface area (Å²) in [5.41, 5.74) is -2.89. The van der Waals surface area contributed by atoms with E-state index in [1.165, 1.54) is 13.8 Å². The van der Waals surface area contributed by atoms with Crippen LogP contribution in [0.1, 0.15) is 40.5 Å². The zero-order chi connectivity index (χ0) is 13.0. The Kier molecular flexibility index (Phi) is 4.93. The van der Waals surface area contributed by atoms with E-state index < -0.39 is 23.0 Å². The Morgan fingerprint density at radius 3 is 2.06 bits per heavy atom. The van der Waals surface area contributed by atoms with E-state index in [1.54, 1.807) is 13.8 Å². The van der Waals surface area contributed by atoms with Crippen molar-refractivity contribution in [3.63, 3.8) is 0 Å². The third-order valence-electron chi connectivity index (χ3n) is 2.69. The molecule has 0 rings (SSSR count). The molecule has 0 spiro atoms. The van der Waals surface area contributed by atoms with Crippen LogP contribution < -0.4 is 0 Å². The SMILES string of the molecule is CCOC(=O)C(C)(CC(C)(O)CC)C(=O)O. The summed E-state index contributed by atoms with van der Waals surface area (Å²) in [5, 5.41) is 18.9. The van der Waals surface area contributed by atoms with Crippen LogP contribution in [0.15, 0.2) is 0 Å². The molecule has 2 unspecified atom stereocenters. The van der Waals surface area contributed by atoms with Crippen molar-refractivity contribution in [3.05, 3.63) is 0 Å². The van der Waals surface area contributed by atoms with Crippen LogP contribution in [-0.4, -0.2) is 34.4 Å². The molecule has 0 aliphatic heterocycles. The molecule has 0 aliphatic carbocycles. The van der Waals surface area contributed by atoms with Crippen molar-refractivity contribution in [3.8, 4) is 0 Å². The molecule has 0 aliphatic rings. The minimum atomic E-state index is -1.70. The lowest BCUT2D eigenvalue weighted by Crippen LogP contribution is -2.44. The summed E-state index contributed by atoms with van der Waals surface area (Å²) < 4.78 is 4.73. The Morgan fingerprint density at radius 1 is 1.25 bits per heavy atom. The Morgan fingerprint density at radius 2 is 1.75 bits per heavy atom. The number of aliphatic hydroxyl groups is 1. The van der Waals surface area contributed by atoms with E-state index in [1.807, 2.05) is 0 Å². The fraction of sp³-hybridized carbons (Fsp3) is 0.818. The predicted molar refractivity (Wildman–Crippen MR) is 57.9 cm³/mol. The third kappa shape index (κ3) is 3.48. The van der Waals surface area contributed by atoms with Crippen molar-refractivity contribution in [1.29, 1.82) is 0 Å². The molecule has 0 radical (unpaired) electrons. The number of carboxylic acid groups (broad SMARTS) is 1. The molecule has 0 aromatic rings. The van der Waals surface area contributed by atoms with Crippen molar-refractivity contribution in [2.24, 2.45) is 5.41 Å². The molecule has 0 heterocycles. The Hall–Kier alpha value is -1.10. The van der Waals surface area contributed by atoms with Gasteiger partial charge >= 0.3 is 11.9 Å². The van der Waals surface area contributed by atoms with Gasteiger partial charge in [-0.2, -0.15) is 0 Å². The van der Waals surface area contributed by atoms with Crippen molar-refractivity contribution in [2.75, 3.05) is 6.61 Å². The first-order chi connectivity index (χ1) is 7.19. The smallest absolute Gasteiger partial charge is 0.323 e. The average Bonchev–Trinajstić information content (AvgIpc) is 2.17. The first-order valence-electron chi connectivity index (χ1n) is 5.32. The number of rotatable bonds is 6. The van der Waals surface area contributed by atoms with Crippen LogP contribution in [0, 0.1) is 5.41 Å². The standard InChI is InChI=1S/C11H20O5/c1-5-10(3,15)7-11(4,8(12)13)9(14)16-6-2/h15H,5-7H2,1-4H3,(H,12,13). The highest BCUT2D eigenvalue weighted by Crippen LogP contribution is 2.32. The molecule has 0 bridgehead atoms. The lowest BCUT2D eigenvalue weighted by Gasteiger charge is -2.30. The van der Waals surface area contributed by atoms with E-state index in [4.69, 9.17) is 9.84 Å². The molecule has 5 nitrogen and oxygen atoms in total. The van der Waals surface area contributed by atoms with Crippen LogP contribution in [0.2, 0.25) is 0 Å². The van der Waals surface area contributed by atoms with E-state index in [-0.39, 0.29) is 13.0 Å². The van der Waals surface area contributed by atoms with Crippen molar-refractivity contribution >= 4 is 11.9 Å². The molecule has 0 amide bonds. The van der Waals surface area contributed by atoms with Crippen LogP contribution in [0.4, 0.5) is 0 Å². The van der Waals surface area contributed by atoms with Gasteiger partial charge in [0.25, 0.3) is 0 Å². The zero-order valence-electron chi connectivity index (χ0n) is 10.2. The fourth-order valence-electron chi connectivity index (χ4n) is 1.41. The van der Waals surface area contributed by atoms with Gasteiger partial charge in [0.1, 0.15) is 0 Å². The quantitative estimate of drug-likeness (QED) is 0.531. The normalized spacial score (nSPS) is 18.3. The molecule has 94 valence electrons. The van der Waals surface area contributed by atoms with Crippen LogP contribution in [-0.2, 0) is 14.3 Å². The fourth-order valence-corrected chi connectivity index (χ4v) is 1.41. The summed E-state index contributed by atoms with van der Waals surface area (Å²) in [6, 6.07) is 0. The van der Waals surface area contributed by atoms with Crippen LogP contribution in [0.3, 0.4) is 0 Å². The highest BCUT2D eigenvalue weighted by molar-refractivity contribution is 5.98. The van der Waals surface area contributed by atoms with Gasteiger partial charge in [0, 0.05) is 6.42 Å². The van der Waals surface area contributed by atoms with Crippen molar-refractivity contribution < 1.29 is 24.5 Å². The molecular weight excluding hydrogens is 212 g/mol. The van der Waals surface area contributed by atoms with Crippen LogP contribution in [0.25, 0.3) is 0 Å². The summed E-state index contributed by atoms with van der Waals surface area (Å²) >= 11 is 0. The first kappa shape index (κ1) is 14.9. The Bertz CT molecular complexity index is 272. The number of aliphatic carboxylic acids is 1. The van der Waals surface area contributed by atoms with Gasteiger partial charge in [-0.05, 0) is 27.2 Å². The van der Waals surface area contributed by atoms with Gasteiger partial charge < -0.3 is 14.9 Å². The second-order valence-electron chi connectivity index (χ2n) is 4.39. The van der Waals surface area contributed by atoms with Gasteiger partial charge in [0.15, 0.2) is 5.41 Å². The van der Waals surface area contributed by atoms with Crippen molar-refractivity contribution in [1.82, 2.24) is 0 Å². The molecule has 16 heavy (non-hydrogen) atoms. The monoisotopic (exact) mass is 232 g/mol. The van der Waals surface area contributed by atoms with E-state index in [0.717, 1.165) is 0 Å². The lowest BCUT2D eigenvalue weighted by atomic mass is 9.78. The first-order valence-corrected chi connectivity index (χ1v) is 5.32. The maximum Gasteiger partial charge on any atom is 0.323 e. The molecule has 0 aromatic carbocycles. The minimum absolute atomic E-state index is 0.121. The van der Waals surface area contributed by atoms with E-state index in [9.17, 15) is 14.7 Å². The third-order valence-corrected chi connectivity index (χ3v) is 2.69. The molecule has 2 atom stereocenters. The second-order valence-corrected chi connectivity index (χ2v) is 4.39. The van der Waals surface area contributed by atoms with E-state index in [2.05, 4.69) is 0 Å². The number of ether oxygens (including phenoxy) is 1. The minimum Gasteiger partial charge on any atom is -0.480 e. The van der Waals surface area contributed by atoms with Crippen LogP contribution in [0.5, 0.6) is 0 Å². The maximum absolute atomic E-state index is 11.6. The summed E-state index contributed by atoms with van der Waals surface area (Å²) in [5.74, 6) is -2.09. The van der Waals surface area contributed by atoms with Gasteiger partial charge in [-0.3, -0.25) is 9.59 Å². The summed E-state index contributed by atoms with van der Waals surface area (Å²) in [4.78, 5) is 22.7. The average molecular weight is 232 g/mol. The number of carboxylic acids is 1. The molecule has 0 aromatic heterocycles. The number of esters is 1. The topological polar surface area (TPSA) is 83.8 Å². The number of carbonyl (C=O) groups is 2. The number of carbonyl (C=O) groups excluding carboxylic acids is 1. The largest absolute Gasteiger partial charge is 0.480 e. The second kappa shape index (κ2) is 5.30. The summed E-state index contributed by atoms with van der Waals surface area (Å²) in [6.07, 6.45) is 0.208. The highest BCUT2D eigenvalue weighted by Gasteiger charge is 2.47. The van der Waals surface area contributed by atoms with Crippen molar-refractivity contribution in [2.45, 2.75) is 46.1 Å². The number of hydrogen-bond donors (Lipinski definition) is 2. The zero-order valence-corrected chi connectivity index (χ0v) is 10.2. The molecule has 2 N–H and O–H groups in total. The van der Waals surface area contributed by atoms with Gasteiger partial charge in [0.05, 0.1) is 12.2 Å². The molecule has 0 fully saturated rings. The molecule has 0 saturated carbocycles. The van der Waals surface area contributed by atoms with E-state index >= 15 is 0 Å². The summed E-state index contributed by atoms with van der Waals surface area (Å²) in [6.45, 7) is 6.24. The number of hydrogen-bond acceptors (Lipinski definition) is 4. The van der Waals surface area contributed by atoms with E-state index in [0.29, 0.717) is 6.42 Å². The predicted octanol–water partition coefficient (Wildman–Crippen LogP) is 1.19. The lowest BCUT2D eigenvalue weighted by molar-refractivity contribution is -0.172. The molecule has 0 saturated heterocycles. The van der Waals surface area contributed by atoms with Crippen LogP contribution >= 0.6 is 0 Å². The maximum atomic E-state index is 11.6. The highest BCUT2D eigenvalue weighted by atomic mass is 16.5. The Labute approximate surface area is 95.4 Å². The molecule has 5 heteroatoms. The summed E-state index contributed by atoms with van der Waals surface area (Å²) in [7, 11) is 0. The van der Waals surface area contributed by atoms with Gasteiger partial charge in [0.2, 0.25) is 0 Å². The Balaban J connectivity index is 4.98.